The third-order valence-electron chi connectivity index (χ3n) is 6.01. The summed E-state index contributed by atoms with van der Waals surface area (Å²) < 4.78 is 32.0. The summed E-state index contributed by atoms with van der Waals surface area (Å²) in [5.41, 5.74) is 2.93. The molecule has 10 heteroatoms. The van der Waals surface area contributed by atoms with Crippen LogP contribution in [0.5, 0.6) is 5.75 Å². The van der Waals surface area contributed by atoms with Gasteiger partial charge in [-0.15, -0.1) is 0 Å². The first-order valence-corrected chi connectivity index (χ1v) is 12.4. The summed E-state index contributed by atoms with van der Waals surface area (Å²) in [4.78, 5) is 29.4. The number of benzene rings is 3. The molecule has 2 aliphatic rings. The molecule has 0 bridgehead atoms. The van der Waals surface area contributed by atoms with Gasteiger partial charge in [-0.2, -0.15) is 10.1 Å². The average molecular weight is 521 g/mol. The van der Waals surface area contributed by atoms with E-state index in [0.717, 1.165) is 22.6 Å². The molecular weight excluding hydrogens is 498 g/mol. The maximum absolute atomic E-state index is 13.6. The SMILES string of the molecule is COc1ccc(C2=NN(C3=NC(=O)[C@@H](CC(=O)Nc4ccc(F)cc4)S3)[C@H](c3ccc(F)cc3)C2)cc1. The fraction of sp³-hybridized carbons (Fsp3) is 0.185. The summed E-state index contributed by atoms with van der Waals surface area (Å²) in [6.07, 6.45) is 0.416. The molecule has 0 saturated heterocycles. The maximum Gasteiger partial charge on any atom is 0.262 e. The van der Waals surface area contributed by atoms with Crippen LogP contribution in [0.2, 0.25) is 0 Å². The molecule has 2 atom stereocenters. The largest absolute Gasteiger partial charge is 0.497 e. The van der Waals surface area contributed by atoms with E-state index in [0.29, 0.717) is 17.3 Å². The number of nitrogens with one attached hydrogen (secondary N) is 1. The molecule has 3 aromatic carbocycles. The van der Waals surface area contributed by atoms with Crippen LogP contribution in [0.15, 0.2) is 82.9 Å². The van der Waals surface area contributed by atoms with Crippen LogP contribution < -0.4 is 10.1 Å². The van der Waals surface area contributed by atoms with Crippen molar-refractivity contribution in [3.63, 3.8) is 0 Å². The smallest absolute Gasteiger partial charge is 0.262 e. The first-order valence-electron chi connectivity index (χ1n) is 11.5. The molecule has 2 amide bonds. The summed E-state index contributed by atoms with van der Waals surface area (Å²) in [6.45, 7) is 0. The summed E-state index contributed by atoms with van der Waals surface area (Å²) in [5, 5.41) is 8.78. The number of anilines is 1. The summed E-state index contributed by atoms with van der Waals surface area (Å²) in [7, 11) is 1.59. The Hall–Kier alpha value is -4.05. The molecule has 5 rings (SSSR count). The van der Waals surface area contributed by atoms with Crippen molar-refractivity contribution in [2.75, 3.05) is 12.4 Å². The lowest BCUT2D eigenvalue weighted by Crippen LogP contribution is -2.25. The molecule has 0 aromatic heterocycles. The van der Waals surface area contributed by atoms with Crippen LogP contribution in [-0.4, -0.2) is 40.1 Å². The minimum absolute atomic E-state index is 0.0992. The second kappa shape index (κ2) is 10.5. The zero-order chi connectivity index (χ0) is 25.9. The van der Waals surface area contributed by atoms with Gasteiger partial charge in [0.25, 0.3) is 5.91 Å². The van der Waals surface area contributed by atoms with E-state index in [1.54, 1.807) is 24.3 Å². The molecule has 188 valence electrons. The van der Waals surface area contributed by atoms with Crippen LogP contribution in [0, 0.1) is 11.6 Å². The standard InChI is InChI=1S/C27H22F2N4O3S/c1-36-21-12-4-16(5-13-21)22-14-23(17-2-6-18(28)7-3-17)33(32-22)27-31-26(35)24(37-27)15-25(34)30-20-10-8-19(29)9-11-20/h2-13,23-24H,14-15H2,1H3,(H,30,34)/t23-,24+/m0/s1. The van der Waals surface area contributed by atoms with Gasteiger partial charge in [-0.1, -0.05) is 23.9 Å². The van der Waals surface area contributed by atoms with Crippen LogP contribution in [0.25, 0.3) is 0 Å². The number of hydrazone groups is 1. The number of aliphatic imine (C=N–C) groups is 1. The molecule has 7 nitrogen and oxygen atoms in total. The van der Waals surface area contributed by atoms with Crippen molar-refractivity contribution in [1.29, 1.82) is 0 Å². The highest BCUT2D eigenvalue weighted by Crippen LogP contribution is 2.38. The molecule has 2 heterocycles. The molecule has 37 heavy (non-hydrogen) atoms. The first kappa shape index (κ1) is 24.6. The van der Waals surface area contributed by atoms with Gasteiger partial charge in [0.05, 0.1) is 18.9 Å². The van der Waals surface area contributed by atoms with Crippen molar-refractivity contribution in [2.45, 2.75) is 24.1 Å². The average Bonchev–Trinajstić information content (AvgIpc) is 3.50. The molecule has 0 aliphatic carbocycles. The lowest BCUT2D eigenvalue weighted by atomic mass is 9.98. The van der Waals surface area contributed by atoms with Crippen LogP contribution in [0.1, 0.15) is 30.0 Å². The maximum atomic E-state index is 13.6. The predicted octanol–water partition coefficient (Wildman–Crippen LogP) is 5.15. The number of thioether (sulfide) groups is 1. The number of carbonyl (C=O) groups excluding carboxylic acids is 2. The number of rotatable bonds is 6. The van der Waals surface area contributed by atoms with Gasteiger partial charge in [0.15, 0.2) is 5.17 Å². The van der Waals surface area contributed by atoms with E-state index in [1.807, 2.05) is 24.3 Å². The fourth-order valence-corrected chi connectivity index (χ4v) is 5.17. The van der Waals surface area contributed by atoms with Crippen molar-refractivity contribution in [1.82, 2.24) is 5.01 Å². The molecule has 2 aliphatic heterocycles. The lowest BCUT2D eigenvalue weighted by molar-refractivity contribution is -0.121. The van der Waals surface area contributed by atoms with Gasteiger partial charge in [0.2, 0.25) is 5.91 Å². The Morgan fingerprint density at radius 1 is 1.03 bits per heavy atom. The Balaban J connectivity index is 1.35. The highest BCUT2D eigenvalue weighted by Gasteiger charge is 2.39. The van der Waals surface area contributed by atoms with Gasteiger partial charge in [-0.05, 0) is 71.8 Å². The zero-order valence-electron chi connectivity index (χ0n) is 19.7. The minimum Gasteiger partial charge on any atom is -0.497 e. The van der Waals surface area contributed by atoms with Crippen LogP contribution in [0.4, 0.5) is 14.5 Å². The van der Waals surface area contributed by atoms with Gasteiger partial charge >= 0.3 is 0 Å². The van der Waals surface area contributed by atoms with E-state index < -0.39 is 17.0 Å². The molecule has 3 aromatic rings. The second-order valence-corrected chi connectivity index (χ2v) is 9.66. The molecule has 0 saturated carbocycles. The first-order chi connectivity index (χ1) is 17.9. The Morgan fingerprint density at radius 2 is 1.68 bits per heavy atom. The minimum atomic E-state index is -0.718. The number of hydrogen-bond donors (Lipinski definition) is 1. The monoisotopic (exact) mass is 520 g/mol. The summed E-state index contributed by atoms with van der Waals surface area (Å²) in [6, 6.07) is 18.7. The van der Waals surface area contributed by atoms with E-state index in [-0.39, 0.29) is 24.2 Å². The number of methoxy groups -OCH3 is 1. The number of amidine groups is 1. The molecule has 0 unspecified atom stereocenters. The van der Waals surface area contributed by atoms with Crippen molar-refractivity contribution in [3.8, 4) is 5.75 Å². The van der Waals surface area contributed by atoms with E-state index in [9.17, 15) is 18.4 Å². The second-order valence-electron chi connectivity index (χ2n) is 8.49. The van der Waals surface area contributed by atoms with Gasteiger partial charge < -0.3 is 10.1 Å². The molecule has 0 spiro atoms. The predicted molar refractivity (Wildman–Crippen MR) is 139 cm³/mol. The number of hydrogen-bond acceptors (Lipinski definition) is 6. The Bertz CT molecular complexity index is 1380. The van der Waals surface area contributed by atoms with Gasteiger partial charge in [-0.3, -0.25) is 9.59 Å². The summed E-state index contributed by atoms with van der Waals surface area (Å²) >= 11 is 1.17. The third kappa shape index (κ3) is 5.54. The molecular formula is C27H22F2N4O3S. The molecule has 1 N–H and O–H groups in total. The van der Waals surface area contributed by atoms with Gasteiger partial charge in [0, 0.05) is 18.5 Å². The van der Waals surface area contributed by atoms with Crippen molar-refractivity contribution < 1.29 is 23.1 Å². The van der Waals surface area contributed by atoms with Gasteiger partial charge in [0.1, 0.15) is 22.6 Å². The van der Waals surface area contributed by atoms with Crippen molar-refractivity contribution in [2.24, 2.45) is 10.1 Å². The van der Waals surface area contributed by atoms with E-state index in [1.165, 1.54) is 48.2 Å². The number of nitrogens with zero attached hydrogens (tertiary/aromatic N) is 3. The number of carbonyl (C=O) groups is 2. The lowest BCUT2D eigenvalue weighted by Gasteiger charge is -2.23. The molecule has 0 fully saturated rings. The highest BCUT2D eigenvalue weighted by molar-refractivity contribution is 8.15. The summed E-state index contributed by atoms with van der Waals surface area (Å²) in [5.74, 6) is -0.849. The third-order valence-corrected chi connectivity index (χ3v) is 7.15. The van der Waals surface area contributed by atoms with E-state index in [2.05, 4.69) is 10.3 Å². The fourth-order valence-electron chi connectivity index (χ4n) is 4.11. The number of halogens is 2. The van der Waals surface area contributed by atoms with Crippen LogP contribution in [-0.2, 0) is 9.59 Å². The molecule has 0 radical (unpaired) electrons. The van der Waals surface area contributed by atoms with Gasteiger partial charge in [-0.25, -0.2) is 13.8 Å². The normalized spacial score (nSPS) is 19.0. The van der Waals surface area contributed by atoms with E-state index >= 15 is 0 Å². The van der Waals surface area contributed by atoms with Crippen LogP contribution >= 0.6 is 11.8 Å². The number of ether oxygens (including phenoxy) is 1. The number of amides is 2. The van der Waals surface area contributed by atoms with Crippen molar-refractivity contribution >= 4 is 40.1 Å². The van der Waals surface area contributed by atoms with Crippen molar-refractivity contribution in [3.05, 3.63) is 95.6 Å². The highest BCUT2D eigenvalue weighted by atomic mass is 32.2. The Morgan fingerprint density at radius 3 is 2.32 bits per heavy atom. The Kier molecular flexibility index (Phi) is 7.00. The quantitative estimate of drug-likeness (QED) is 0.486. The zero-order valence-corrected chi connectivity index (χ0v) is 20.5. The Labute approximate surface area is 216 Å². The van der Waals surface area contributed by atoms with Crippen LogP contribution in [0.3, 0.4) is 0 Å². The van der Waals surface area contributed by atoms with E-state index in [4.69, 9.17) is 9.84 Å². The topological polar surface area (TPSA) is 83.4 Å².